The van der Waals surface area contributed by atoms with Crippen molar-refractivity contribution >= 4 is 17.6 Å². The average molecular weight is 412 g/mol. The summed E-state index contributed by atoms with van der Waals surface area (Å²) >= 11 is 6.09. The number of rotatable bonds is 7. The molecule has 0 aliphatic rings. The lowest BCUT2D eigenvalue weighted by molar-refractivity contribution is 0.0693. The SMILES string of the molecule is CCOc1cc(Cl)ccc1-c1ccc(C(=O)O)c(COc2cc(C)ccc2C)n1. The monoisotopic (exact) mass is 411 g/mol. The van der Waals surface area contributed by atoms with Gasteiger partial charge < -0.3 is 14.6 Å². The van der Waals surface area contributed by atoms with Crippen LogP contribution < -0.4 is 9.47 Å². The first-order chi connectivity index (χ1) is 13.9. The molecule has 0 fully saturated rings. The molecule has 150 valence electrons. The predicted molar refractivity (Wildman–Crippen MR) is 113 cm³/mol. The van der Waals surface area contributed by atoms with E-state index in [2.05, 4.69) is 4.98 Å². The van der Waals surface area contributed by atoms with E-state index in [1.807, 2.05) is 45.0 Å². The number of halogens is 1. The Labute approximate surface area is 174 Å². The Morgan fingerprint density at radius 1 is 1.03 bits per heavy atom. The van der Waals surface area contributed by atoms with Gasteiger partial charge in [-0.15, -0.1) is 0 Å². The summed E-state index contributed by atoms with van der Waals surface area (Å²) in [7, 11) is 0. The quantitative estimate of drug-likeness (QED) is 0.540. The van der Waals surface area contributed by atoms with Gasteiger partial charge >= 0.3 is 5.97 Å². The van der Waals surface area contributed by atoms with Gasteiger partial charge in [0.1, 0.15) is 18.1 Å². The first-order valence-corrected chi connectivity index (χ1v) is 9.62. The van der Waals surface area contributed by atoms with Crippen molar-refractivity contribution in [3.63, 3.8) is 0 Å². The van der Waals surface area contributed by atoms with Crippen molar-refractivity contribution in [1.29, 1.82) is 0 Å². The minimum atomic E-state index is -1.05. The summed E-state index contributed by atoms with van der Waals surface area (Å²) in [6.45, 7) is 6.32. The van der Waals surface area contributed by atoms with Crippen LogP contribution >= 0.6 is 11.6 Å². The first-order valence-electron chi connectivity index (χ1n) is 9.25. The van der Waals surface area contributed by atoms with Crippen LogP contribution in [0.2, 0.25) is 5.02 Å². The molecular formula is C23H22ClNO4. The first kappa shape index (κ1) is 20.7. The number of aromatic nitrogens is 1. The third kappa shape index (κ3) is 4.87. The molecule has 0 aliphatic heterocycles. The fourth-order valence-corrected chi connectivity index (χ4v) is 3.11. The number of pyridine rings is 1. The molecule has 0 aliphatic carbocycles. The lowest BCUT2D eigenvalue weighted by Gasteiger charge is -2.14. The van der Waals surface area contributed by atoms with Gasteiger partial charge in [0.25, 0.3) is 0 Å². The van der Waals surface area contributed by atoms with Crippen molar-refractivity contribution in [1.82, 2.24) is 4.98 Å². The number of ether oxygens (including phenoxy) is 2. The van der Waals surface area contributed by atoms with Gasteiger partial charge in [0.05, 0.1) is 23.6 Å². The number of benzene rings is 2. The van der Waals surface area contributed by atoms with E-state index in [9.17, 15) is 9.90 Å². The maximum Gasteiger partial charge on any atom is 0.337 e. The second kappa shape index (κ2) is 8.97. The number of hydrogen-bond donors (Lipinski definition) is 1. The van der Waals surface area contributed by atoms with E-state index < -0.39 is 5.97 Å². The zero-order valence-corrected chi connectivity index (χ0v) is 17.3. The van der Waals surface area contributed by atoms with Gasteiger partial charge in [0.15, 0.2) is 0 Å². The van der Waals surface area contributed by atoms with Crippen LogP contribution in [0.15, 0.2) is 48.5 Å². The Bertz CT molecular complexity index is 1050. The molecule has 1 heterocycles. The molecule has 2 aromatic carbocycles. The lowest BCUT2D eigenvalue weighted by atomic mass is 10.1. The van der Waals surface area contributed by atoms with Crippen molar-refractivity contribution in [2.24, 2.45) is 0 Å². The maximum atomic E-state index is 11.7. The van der Waals surface area contributed by atoms with Gasteiger partial charge in [-0.05, 0) is 68.3 Å². The zero-order chi connectivity index (χ0) is 21.0. The summed E-state index contributed by atoms with van der Waals surface area (Å²) in [5, 5.41) is 10.1. The molecule has 0 spiro atoms. The molecular weight excluding hydrogens is 390 g/mol. The van der Waals surface area contributed by atoms with E-state index >= 15 is 0 Å². The number of carbonyl (C=O) groups is 1. The Balaban J connectivity index is 1.99. The largest absolute Gasteiger partial charge is 0.493 e. The van der Waals surface area contributed by atoms with Crippen LogP contribution in [0.5, 0.6) is 11.5 Å². The van der Waals surface area contributed by atoms with E-state index in [0.717, 1.165) is 16.7 Å². The number of hydrogen-bond acceptors (Lipinski definition) is 4. The van der Waals surface area contributed by atoms with Crippen molar-refractivity contribution < 1.29 is 19.4 Å². The molecule has 1 aromatic heterocycles. The topological polar surface area (TPSA) is 68.7 Å². The summed E-state index contributed by atoms with van der Waals surface area (Å²) < 4.78 is 11.6. The second-order valence-electron chi connectivity index (χ2n) is 6.63. The van der Waals surface area contributed by atoms with Crippen LogP contribution in [-0.4, -0.2) is 22.7 Å². The van der Waals surface area contributed by atoms with Crippen LogP contribution in [0.1, 0.15) is 34.1 Å². The summed E-state index contributed by atoms with van der Waals surface area (Å²) in [4.78, 5) is 16.3. The average Bonchev–Trinajstić information content (AvgIpc) is 2.69. The van der Waals surface area contributed by atoms with E-state index in [-0.39, 0.29) is 12.2 Å². The standard InChI is InChI=1S/C23H22ClNO4/c1-4-28-22-12-16(24)7-8-17(22)19-10-9-18(23(26)27)20(25-19)13-29-21-11-14(2)5-6-15(21)3/h5-12H,4,13H2,1-3H3,(H,26,27). The van der Waals surface area contributed by atoms with Crippen LogP contribution in [0.4, 0.5) is 0 Å². The van der Waals surface area contributed by atoms with Gasteiger partial charge in [-0.25, -0.2) is 9.78 Å². The van der Waals surface area contributed by atoms with Crippen LogP contribution in [0.3, 0.4) is 0 Å². The molecule has 5 nitrogen and oxygen atoms in total. The highest BCUT2D eigenvalue weighted by atomic mass is 35.5. The minimum absolute atomic E-state index is 0.0390. The molecule has 0 atom stereocenters. The van der Waals surface area contributed by atoms with Gasteiger partial charge in [0.2, 0.25) is 0 Å². The van der Waals surface area contributed by atoms with Crippen LogP contribution in [0.25, 0.3) is 11.3 Å². The van der Waals surface area contributed by atoms with E-state index in [0.29, 0.717) is 34.5 Å². The Kier molecular flexibility index (Phi) is 6.39. The minimum Gasteiger partial charge on any atom is -0.493 e. The zero-order valence-electron chi connectivity index (χ0n) is 16.5. The van der Waals surface area contributed by atoms with Crippen molar-refractivity contribution in [2.75, 3.05) is 6.61 Å². The fourth-order valence-electron chi connectivity index (χ4n) is 2.95. The normalized spacial score (nSPS) is 10.6. The van der Waals surface area contributed by atoms with Crippen molar-refractivity contribution in [3.8, 4) is 22.8 Å². The van der Waals surface area contributed by atoms with Gasteiger partial charge in [-0.1, -0.05) is 23.7 Å². The molecule has 3 aromatic rings. The molecule has 0 bridgehead atoms. The van der Waals surface area contributed by atoms with E-state index in [1.165, 1.54) is 6.07 Å². The molecule has 0 saturated heterocycles. The molecule has 6 heteroatoms. The lowest BCUT2D eigenvalue weighted by Crippen LogP contribution is -2.09. The number of carboxylic acid groups (broad SMARTS) is 1. The summed E-state index contributed by atoms with van der Waals surface area (Å²) in [5.41, 5.74) is 3.81. The summed E-state index contributed by atoms with van der Waals surface area (Å²) in [6, 6.07) is 14.4. The molecule has 0 saturated carbocycles. The smallest absolute Gasteiger partial charge is 0.337 e. The van der Waals surface area contributed by atoms with Gasteiger partial charge in [-0.2, -0.15) is 0 Å². The highest BCUT2D eigenvalue weighted by Gasteiger charge is 2.16. The van der Waals surface area contributed by atoms with E-state index in [1.54, 1.807) is 18.2 Å². The van der Waals surface area contributed by atoms with Gasteiger partial charge in [0, 0.05) is 10.6 Å². The molecule has 0 amide bonds. The van der Waals surface area contributed by atoms with Gasteiger partial charge in [-0.3, -0.25) is 0 Å². The molecule has 1 N–H and O–H groups in total. The Hall–Kier alpha value is -3.05. The number of aryl methyl sites for hydroxylation is 2. The number of aromatic carboxylic acids is 1. The van der Waals surface area contributed by atoms with E-state index in [4.69, 9.17) is 21.1 Å². The Morgan fingerprint density at radius 2 is 1.83 bits per heavy atom. The summed E-state index contributed by atoms with van der Waals surface area (Å²) in [6.07, 6.45) is 0. The second-order valence-corrected chi connectivity index (χ2v) is 7.06. The molecule has 0 unspecified atom stereocenters. The van der Waals surface area contributed by atoms with Crippen LogP contribution in [-0.2, 0) is 6.61 Å². The van der Waals surface area contributed by atoms with Crippen molar-refractivity contribution in [2.45, 2.75) is 27.4 Å². The fraction of sp³-hybridized carbons (Fsp3) is 0.217. The summed E-state index contributed by atoms with van der Waals surface area (Å²) in [5.74, 6) is 0.247. The van der Waals surface area contributed by atoms with Crippen LogP contribution in [0, 0.1) is 13.8 Å². The third-order valence-electron chi connectivity index (χ3n) is 4.43. The number of nitrogens with zero attached hydrogens (tertiary/aromatic N) is 1. The Morgan fingerprint density at radius 3 is 2.55 bits per heavy atom. The van der Waals surface area contributed by atoms with Crippen molar-refractivity contribution in [3.05, 3.63) is 75.9 Å². The number of carboxylic acids is 1. The molecule has 29 heavy (non-hydrogen) atoms. The molecule has 3 rings (SSSR count). The predicted octanol–water partition coefficient (Wildman–Crippen LogP) is 5.69. The highest BCUT2D eigenvalue weighted by Crippen LogP contribution is 2.32. The molecule has 0 radical (unpaired) electrons. The maximum absolute atomic E-state index is 11.7. The third-order valence-corrected chi connectivity index (χ3v) is 4.67. The highest BCUT2D eigenvalue weighted by molar-refractivity contribution is 6.30.